The van der Waals surface area contributed by atoms with Crippen LogP contribution in [0.2, 0.25) is 5.02 Å². The Morgan fingerprint density at radius 2 is 2.10 bits per heavy atom. The lowest BCUT2D eigenvalue weighted by atomic mass is 10.1. The number of nitrogens with one attached hydrogen (secondary N) is 1. The van der Waals surface area contributed by atoms with Crippen LogP contribution in [0.4, 0.5) is 0 Å². The van der Waals surface area contributed by atoms with Crippen molar-refractivity contribution in [2.45, 2.75) is 33.1 Å². The quantitative estimate of drug-likeness (QED) is 0.842. The molecular formula is C16H19ClN2O. The number of aromatic nitrogens is 1. The highest BCUT2D eigenvalue weighted by Gasteiger charge is 2.11. The maximum atomic E-state index is 12.2. The van der Waals surface area contributed by atoms with Gasteiger partial charge in [-0.05, 0) is 37.6 Å². The van der Waals surface area contributed by atoms with Gasteiger partial charge in [-0.2, -0.15) is 0 Å². The largest absolute Gasteiger partial charge is 0.352 e. The molecular weight excluding hydrogens is 272 g/mol. The molecule has 0 unspecified atom stereocenters. The number of hydrogen-bond donors (Lipinski definition) is 1. The molecule has 0 atom stereocenters. The van der Waals surface area contributed by atoms with E-state index in [9.17, 15) is 4.79 Å². The number of pyridine rings is 1. The third kappa shape index (κ3) is 3.48. The maximum absolute atomic E-state index is 12.2. The van der Waals surface area contributed by atoms with Crippen molar-refractivity contribution in [3.05, 3.63) is 40.5 Å². The number of halogens is 1. The van der Waals surface area contributed by atoms with Crippen molar-refractivity contribution >= 4 is 28.4 Å². The van der Waals surface area contributed by atoms with Crippen LogP contribution in [0.15, 0.2) is 24.3 Å². The molecule has 0 saturated heterocycles. The summed E-state index contributed by atoms with van der Waals surface area (Å²) in [6, 6.07) is 7.37. The maximum Gasteiger partial charge on any atom is 0.253 e. The van der Waals surface area contributed by atoms with Gasteiger partial charge in [-0.1, -0.05) is 31.4 Å². The van der Waals surface area contributed by atoms with Gasteiger partial charge in [-0.15, -0.1) is 0 Å². The Hall–Kier alpha value is -1.61. The van der Waals surface area contributed by atoms with Crippen molar-refractivity contribution in [1.82, 2.24) is 10.3 Å². The van der Waals surface area contributed by atoms with E-state index >= 15 is 0 Å². The predicted molar refractivity (Wildman–Crippen MR) is 83.3 cm³/mol. The molecule has 0 aliphatic carbocycles. The number of hydrogen-bond acceptors (Lipinski definition) is 2. The lowest BCUT2D eigenvalue weighted by Gasteiger charge is -2.09. The Labute approximate surface area is 124 Å². The van der Waals surface area contributed by atoms with Crippen molar-refractivity contribution in [3.8, 4) is 0 Å². The molecule has 0 aliphatic heterocycles. The molecule has 106 valence electrons. The molecule has 20 heavy (non-hydrogen) atoms. The van der Waals surface area contributed by atoms with Crippen LogP contribution in [-0.4, -0.2) is 17.4 Å². The summed E-state index contributed by atoms with van der Waals surface area (Å²) in [6.45, 7) is 4.71. The van der Waals surface area contributed by atoms with E-state index in [4.69, 9.17) is 11.6 Å². The zero-order valence-electron chi connectivity index (χ0n) is 11.9. The van der Waals surface area contributed by atoms with Crippen LogP contribution in [-0.2, 0) is 0 Å². The molecule has 1 amide bonds. The number of benzene rings is 1. The van der Waals surface area contributed by atoms with E-state index in [-0.39, 0.29) is 5.91 Å². The van der Waals surface area contributed by atoms with Gasteiger partial charge in [0.25, 0.3) is 5.91 Å². The molecule has 0 aliphatic rings. The van der Waals surface area contributed by atoms with Gasteiger partial charge in [0.05, 0.1) is 16.8 Å². The summed E-state index contributed by atoms with van der Waals surface area (Å²) in [4.78, 5) is 16.6. The highest BCUT2D eigenvalue weighted by molar-refractivity contribution is 6.31. The summed E-state index contributed by atoms with van der Waals surface area (Å²) < 4.78 is 0. The number of carbonyl (C=O) groups is 1. The number of rotatable bonds is 5. The van der Waals surface area contributed by atoms with Gasteiger partial charge in [0, 0.05) is 17.0 Å². The summed E-state index contributed by atoms with van der Waals surface area (Å²) in [5, 5.41) is 4.48. The van der Waals surface area contributed by atoms with E-state index in [2.05, 4.69) is 17.2 Å². The topological polar surface area (TPSA) is 42.0 Å². The standard InChI is InChI=1S/C16H19ClN2O/c1-3-4-5-8-18-16(20)14-10-12-9-13(17)6-7-15(12)19-11(14)2/h6-7,9-10H,3-5,8H2,1-2H3,(H,18,20). The lowest BCUT2D eigenvalue weighted by molar-refractivity contribution is 0.0952. The second kappa shape index (κ2) is 6.71. The molecule has 0 radical (unpaired) electrons. The fraction of sp³-hybridized carbons (Fsp3) is 0.375. The Balaban J connectivity index is 2.20. The number of aryl methyl sites for hydroxylation is 1. The highest BCUT2D eigenvalue weighted by atomic mass is 35.5. The van der Waals surface area contributed by atoms with Gasteiger partial charge < -0.3 is 5.32 Å². The minimum Gasteiger partial charge on any atom is -0.352 e. The predicted octanol–water partition coefficient (Wildman–Crippen LogP) is 4.12. The first-order chi connectivity index (χ1) is 9.61. The number of unbranched alkanes of at least 4 members (excludes halogenated alkanes) is 2. The fourth-order valence-electron chi connectivity index (χ4n) is 2.15. The number of nitrogens with zero attached hydrogens (tertiary/aromatic N) is 1. The van der Waals surface area contributed by atoms with Crippen molar-refractivity contribution in [1.29, 1.82) is 0 Å². The zero-order valence-corrected chi connectivity index (χ0v) is 12.6. The third-order valence-electron chi connectivity index (χ3n) is 3.28. The lowest BCUT2D eigenvalue weighted by Crippen LogP contribution is -2.25. The molecule has 3 nitrogen and oxygen atoms in total. The van der Waals surface area contributed by atoms with Crippen molar-refractivity contribution in [3.63, 3.8) is 0 Å². The molecule has 2 rings (SSSR count). The van der Waals surface area contributed by atoms with E-state index in [1.54, 1.807) is 6.07 Å². The minimum absolute atomic E-state index is 0.0621. The first-order valence-corrected chi connectivity index (χ1v) is 7.34. The van der Waals surface area contributed by atoms with Gasteiger partial charge in [-0.3, -0.25) is 9.78 Å². The summed E-state index contributed by atoms with van der Waals surface area (Å²) in [5.41, 5.74) is 2.22. The van der Waals surface area contributed by atoms with Crippen LogP contribution in [0.5, 0.6) is 0 Å². The minimum atomic E-state index is -0.0621. The molecule has 1 N–H and O–H groups in total. The molecule has 0 fully saturated rings. The van der Waals surface area contributed by atoms with Crippen LogP contribution in [0.3, 0.4) is 0 Å². The Morgan fingerprint density at radius 1 is 1.30 bits per heavy atom. The molecule has 0 bridgehead atoms. The Kier molecular flexibility index (Phi) is 4.96. The highest BCUT2D eigenvalue weighted by Crippen LogP contribution is 2.20. The van der Waals surface area contributed by atoms with E-state index < -0.39 is 0 Å². The summed E-state index contributed by atoms with van der Waals surface area (Å²) in [5.74, 6) is -0.0621. The normalized spacial score (nSPS) is 10.8. The van der Waals surface area contributed by atoms with Crippen LogP contribution < -0.4 is 5.32 Å². The van der Waals surface area contributed by atoms with Gasteiger partial charge in [-0.25, -0.2) is 0 Å². The van der Waals surface area contributed by atoms with Crippen LogP contribution >= 0.6 is 11.6 Å². The van der Waals surface area contributed by atoms with Crippen molar-refractivity contribution in [2.75, 3.05) is 6.54 Å². The smallest absolute Gasteiger partial charge is 0.253 e. The van der Waals surface area contributed by atoms with Crippen LogP contribution in [0, 0.1) is 6.92 Å². The molecule has 4 heteroatoms. The van der Waals surface area contributed by atoms with Crippen molar-refractivity contribution < 1.29 is 4.79 Å². The van der Waals surface area contributed by atoms with Gasteiger partial charge in [0.1, 0.15) is 0 Å². The summed E-state index contributed by atoms with van der Waals surface area (Å²) in [7, 11) is 0. The van der Waals surface area contributed by atoms with Crippen molar-refractivity contribution in [2.24, 2.45) is 0 Å². The van der Waals surface area contributed by atoms with Crippen LogP contribution in [0.1, 0.15) is 42.2 Å². The number of fused-ring (bicyclic) bond motifs is 1. The average Bonchev–Trinajstić information content (AvgIpc) is 2.43. The monoisotopic (exact) mass is 290 g/mol. The van der Waals surface area contributed by atoms with E-state index in [1.165, 1.54) is 0 Å². The molecule has 1 heterocycles. The molecule has 0 spiro atoms. The van der Waals surface area contributed by atoms with Gasteiger partial charge in [0.2, 0.25) is 0 Å². The molecule has 2 aromatic rings. The summed E-state index contributed by atoms with van der Waals surface area (Å²) >= 11 is 5.98. The van der Waals surface area contributed by atoms with Crippen LogP contribution in [0.25, 0.3) is 10.9 Å². The molecule has 0 saturated carbocycles. The SMILES string of the molecule is CCCCCNC(=O)c1cc2cc(Cl)ccc2nc1C. The first-order valence-electron chi connectivity index (χ1n) is 6.97. The van der Waals surface area contributed by atoms with E-state index in [0.29, 0.717) is 17.1 Å². The Bertz CT molecular complexity index is 625. The van der Waals surface area contributed by atoms with Gasteiger partial charge >= 0.3 is 0 Å². The Morgan fingerprint density at radius 3 is 2.85 bits per heavy atom. The summed E-state index contributed by atoms with van der Waals surface area (Å²) in [6.07, 6.45) is 3.28. The average molecular weight is 291 g/mol. The second-order valence-corrected chi connectivity index (χ2v) is 5.36. The third-order valence-corrected chi connectivity index (χ3v) is 3.51. The second-order valence-electron chi connectivity index (χ2n) is 4.92. The zero-order chi connectivity index (χ0) is 14.5. The number of carbonyl (C=O) groups excluding carboxylic acids is 1. The van der Waals surface area contributed by atoms with E-state index in [0.717, 1.165) is 35.9 Å². The number of amides is 1. The molecule has 1 aromatic heterocycles. The molecule has 1 aromatic carbocycles. The van der Waals surface area contributed by atoms with Gasteiger partial charge in [0.15, 0.2) is 0 Å². The fourth-order valence-corrected chi connectivity index (χ4v) is 2.33. The van der Waals surface area contributed by atoms with E-state index in [1.807, 2.05) is 25.1 Å². The first kappa shape index (κ1) is 14.8.